The quantitative estimate of drug-likeness (QED) is 0.777. The summed E-state index contributed by atoms with van der Waals surface area (Å²) in [4.78, 5) is 24.1. The SMILES string of the molecule is CNCCCNC(=O)c1nn(-c2ccccc2)c(C)cc1=O. The highest BCUT2D eigenvalue weighted by molar-refractivity contribution is 5.92. The van der Waals surface area contributed by atoms with Crippen LogP contribution in [0.25, 0.3) is 5.69 Å². The van der Waals surface area contributed by atoms with Crippen molar-refractivity contribution in [3.63, 3.8) is 0 Å². The van der Waals surface area contributed by atoms with Gasteiger partial charge in [-0.1, -0.05) is 18.2 Å². The minimum absolute atomic E-state index is 0.0843. The standard InChI is InChI=1S/C16H20N4O2/c1-12-11-14(21)15(16(22)18-10-6-9-17-2)19-20(12)13-7-4-3-5-8-13/h3-5,7-8,11,17H,6,9-10H2,1-2H3,(H,18,22). The third kappa shape index (κ3) is 3.79. The maximum absolute atomic E-state index is 12.1. The summed E-state index contributed by atoms with van der Waals surface area (Å²) in [6.07, 6.45) is 0.793. The second kappa shape index (κ2) is 7.51. The van der Waals surface area contributed by atoms with Crippen molar-refractivity contribution in [3.05, 3.63) is 58.0 Å². The maximum Gasteiger partial charge on any atom is 0.275 e. The number of aromatic nitrogens is 2. The molecule has 2 aromatic rings. The Bertz CT molecular complexity index is 695. The molecule has 0 radical (unpaired) electrons. The van der Waals surface area contributed by atoms with Gasteiger partial charge in [0, 0.05) is 18.3 Å². The lowest BCUT2D eigenvalue weighted by Crippen LogP contribution is -2.33. The van der Waals surface area contributed by atoms with Crippen LogP contribution in [0.5, 0.6) is 0 Å². The lowest BCUT2D eigenvalue weighted by Gasteiger charge is -2.11. The van der Waals surface area contributed by atoms with Gasteiger partial charge in [0.1, 0.15) is 0 Å². The third-order valence-electron chi connectivity index (χ3n) is 3.21. The van der Waals surface area contributed by atoms with Gasteiger partial charge in [0.05, 0.1) is 5.69 Å². The predicted octanol–water partition coefficient (Wildman–Crippen LogP) is 0.880. The number of amides is 1. The van der Waals surface area contributed by atoms with Gasteiger partial charge < -0.3 is 10.6 Å². The van der Waals surface area contributed by atoms with Crippen molar-refractivity contribution in [3.8, 4) is 5.69 Å². The molecule has 6 heteroatoms. The van der Waals surface area contributed by atoms with Crippen molar-refractivity contribution in [2.24, 2.45) is 0 Å². The van der Waals surface area contributed by atoms with Crippen molar-refractivity contribution in [2.75, 3.05) is 20.1 Å². The topological polar surface area (TPSA) is 76.0 Å². The Kier molecular flexibility index (Phi) is 5.43. The molecule has 0 fully saturated rings. The van der Waals surface area contributed by atoms with E-state index in [1.807, 2.05) is 37.4 Å². The van der Waals surface area contributed by atoms with Gasteiger partial charge in [-0.05, 0) is 39.1 Å². The molecule has 1 heterocycles. The molecule has 0 spiro atoms. The second-order valence-corrected chi connectivity index (χ2v) is 4.96. The molecule has 22 heavy (non-hydrogen) atoms. The van der Waals surface area contributed by atoms with Gasteiger partial charge in [-0.15, -0.1) is 0 Å². The number of nitrogens with zero attached hydrogens (tertiary/aromatic N) is 2. The number of rotatable bonds is 6. The van der Waals surface area contributed by atoms with Gasteiger partial charge >= 0.3 is 0 Å². The van der Waals surface area contributed by atoms with E-state index < -0.39 is 5.91 Å². The number of aryl methyl sites for hydroxylation is 1. The fraction of sp³-hybridized carbons (Fsp3) is 0.312. The molecule has 116 valence electrons. The molecule has 0 saturated heterocycles. The smallest absolute Gasteiger partial charge is 0.275 e. The lowest BCUT2D eigenvalue weighted by atomic mass is 10.2. The number of hydrogen-bond acceptors (Lipinski definition) is 4. The number of benzene rings is 1. The fourth-order valence-corrected chi connectivity index (χ4v) is 2.09. The third-order valence-corrected chi connectivity index (χ3v) is 3.21. The summed E-state index contributed by atoms with van der Waals surface area (Å²) in [5.41, 5.74) is 1.04. The molecule has 0 saturated carbocycles. The van der Waals surface area contributed by atoms with Crippen LogP contribution >= 0.6 is 0 Å². The normalized spacial score (nSPS) is 10.5. The Morgan fingerprint density at radius 2 is 1.95 bits per heavy atom. The van der Waals surface area contributed by atoms with Crippen LogP contribution in [0.1, 0.15) is 22.6 Å². The van der Waals surface area contributed by atoms with Crippen LogP contribution < -0.4 is 16.1 Å². The Morgan fingerprint density at radius 3 is 2.64 bits per heavy atom. The van der Waals surface area contributed by atoms with Gasteiger partial charge in [-0.2, -0.15) is 5.10 Å². The van der Waals surface area contributed by atoms with Crippen LogP contribution in [0.15, 0.2) is 41.2 Å². The van der Waals surface area contributed by atoms with E-state index in [9.17, 15) is 9.59 Å². The molecule has 0 aliphatic carbocycles. The predicted molar refractivity (Wildman–Crippen MR) is 85.4 cm³/mol. The Morgan fingerprint density at radius 1 is 1.23 bits per heavy atom. The van der Waals surface area contributed by atoms with Crippen LogP contribution in [0, 0.1) is 6.92 Å². The van der Waals surface area contributed by atoms with Gasteiger partial charge in [-0.3, -0.25) is 9.59 Å². The van der Waals surface area contributed by atoms with Crippen LogP contribution in [-0.4, -0.2) is 35.8 Å². The van der Waals surface area contributed by atoms with Gasteiger partial charge in [-0.25, -0.2) is 4.68 Å². The number of hydrogen-bond donors (Lipinski definition) is 2. The van der Waals surface area contributed by atoms with E-state index in [0.29, 0.717) is 12.2 Å². The molecule has 2 N–H and O–H groups in total. The van der Waals surface area contributed by atoms with E-state index >= 15 is 0 Å². The molecule has 0 bridgehead atoms. The van der Waals surface area contributed by atoms with Crippen LogP contribution in [0.2, 0.25) is 0 Å². The van der Waals surface area contributed by atoms with Crippen LogP contribution in [0.4, 0.5) is 0 Å². The molecular weight excluding hydrogens is 280 g/mol. The number of nitrogens with one attached hydrogen (secondary N) is 2. The van der Waals surface area contributed by atoms with Crippen molar-refractivity contribution >= 4 is 5.91 Å². The molecule has 0 atom stereocenters. The zero-order valence-corrected chi connectivity index (χ0v) is 12.8. The number of carbonyl (C=O) groups is 1. The molecular formula is C16H20N4O2. The summed E-state index contributed by atoms with van der Waals surface area (Å²) in [6.45, 7) is 3.09. The lowest BCUT2D eigenvalue weighted by molar-refractivity contribution is 0.0945. The number of carbonyl (C=O) groups excluding carboxylic acids is 1. The summed E-state index contributed by atoms with van der Waals surface area (Å²) >= 11 is 0. The van der Waals surface area contributed by atoms with E-state index in [0.717, 1.165) is 18.7 Å². The Hall–Kier alpha value is -2.47. The summed E-state index contributed by atoms with van der Waals surface area (Å²) in [5.74, 6) is -0.439. The van der Waals surface area contributed by atoms with Crippen molar-refractivity contribution in [2.45, 2.75) is 13.3 Å². The van der Waals surface area contributed by atoms with Crippen LogP contribution in [0.3, 0.4) is 0 Å². The highest BCUT2D eigenvalue weighted by atomic mass is 16.2. The van der Waals surface area contributed by atoms with E-state index in [-0.39, 0.29) is 11.1 Å². The van der Waals surface area contributed by atoms with Crippen LogP contribution in [-0.2, 0) is 0 Å². The van der Waals surface area contributed by atoms with Crippen molar-refractivity contribution in [1.29, 1.82) is 0 Å². The average molecular weight is 300 g/mol. The van der Waals surface area contributed by atoms with Gasteiger partial charge in [0.2, 0.25) is 5.43 Å². The van der Waals surface area contributed by atoms with E-state index in [1.54, 1.807) is 11.6 Å². The molecule has 1 aromatic carbocycles. The molecule has 6 nitrogen and oxygen atoms in total. The first-order chi connectivity index (χ1) is 10.6. The molecule has 2 rings (SSSR count). The van der Waals surface area contributed by atoms with E-state index in [1.165, 1.54) is 6.07 Å². The molecule has 1 aromatic heterocycles. The Labute approximate surface area is 129 Å². The molecule has 0 aliphatic rings. The molecule has 0 aliphatic heterocycles. The maximum atomic E-state index is 12.1. The Balaban J connectivity index is 2.25. The zero-order valence-electron chi connectivity index (χ0n) is 12.8. The first-order valence-electron chi connectivity index (χ1n) is 7.22. The minimum atomic E-state index is -0.439. The summed E-state index contributed by atoms with van der Waals surface area (Å²) < 4.78 is 1.60. The highest BCUT2D eigenvalue weighted by Gasteiger charge is 2.14. The zero-order chi connectivity index (χ0) is 15.9. The highest BCUT2D eigenvalue weighted by Crippen LogP contribution is 2.07. The summed E-state index contributed by atoms with van der Waals surface area (Å²) in [6, 6.07) is 10.8. The fourth-order valence-electron chi connectivity index (χ4n) is 2.09. The monoisotopic (exact) mass is 300 g/mol. The first kappa shape index (κ1) is 15.9. The number of para-hydroxylation sites is 1. The van der Waals surface area contributed by atoms with E-state index in [4.69, 9.17) is 0 Å². The van der Waals surface area contributed by atoms with Crippen molar-refractivity contribution < 1.29 is 4.79 Å². The molecule has 0 unspecified atom stereocenters. The average Bonchev–Trinajstić information content (AvgIpc) is 2.52. The summed E-state index contributed by atoms with van der Waals surface area (Å²) in [5, 5.41) is 9.93. The minimum Gasteiger partial charge on any atom is -0.350 e. The second-order valence-electron chi connectivity index (χ2n) is 4.96. The summed E-state index contributed by atoms with van der Waals surface area (Å²) in [7, 11) is 1.85. The van der Waals surface area contributed by atoms with E-state index in [2.05, 4.69) is 15.7 Å². The largest absolute Gasteiger partial charge is 0.350 e. The van der Waals surface area contributed by atoms with Gasteiger partial charge in [0.15, 0.2) is 5.69 Å². The molecule has 1 amide bonds. The van der Waals surface area contributed by atoms with Gasteiger partial charge in [0.25, 0.3) is 5.91 Å². The first-order valence-corrected chi connectivity index (χ1v) is 7.22. The van der Waals surface area contributed by atoms with Crippen molar-refractivity contribution in [1.82, 2.24) is 20.4 Å².